The molecule has 0 heterocycles. The van der Waals surface area contributed by atoms with E-state index in [-0.39, 0.29) is 17.0 Å². The van der Waals surface area contributed by atoms with Crippen molar-refractivity contribution in [1.29, 1.82) is 0 Å². The van der Waals surface area contributed by atoms with Crippen molar-refractivity contribution in [2.75, 3.05) is 6.54 Å². The summed E-state index contributed by atoms with van der Waals surface area (Å²) in [5, 5.41) is 25.8. The van der Waals surface area contributed by atoms with E-state index in [9.17, 15) is 24.7 Å². The summed E-state index contributed by atoms with van der Waals surface area (Å²) >= 11 is 0. The molecule has 4 N–H and O–H groups in total. The zero-order valence-corrected chi connectivity index (χ0v) is 15.7. The maximum Gasteiger partial charge on any atom is 0.276 e. The van der Waals surface area contributed by atoms with Crippen LogP contribution in [0.3, 0.4) is 0 Å². The van der Waals surface area contributed by atoms with E-state index >= 15 is 0 Å². The number of nitrogens with zero attached hydrogens (tertiary/aromatic N) is 1. The van der Waals surface area contributed by atoms with Crippen molar-refractivity contribution in [3.63, 3.8) is 0 Å². The van der Waals surface area contributed by atoms with E-state index in [0.29, 0.717) is 6.54 Å². The average molecular weight is 357 g/mol. The van der Waals surface area contributed by atoms with Gasteiger partial charge in [0.1, 0.15) is 12.1 Å². The Bertz CT molecular complexity index is 497. The maximum absolute atomic E-state index is 12.4. The lowest BCUT2D eigenvalue weighted by molar-refractivity contribution is -0.197. The largest absolute Gasteiger partial charge is 0.383 e. The number of nitrogens with one attached hydrogen (secondary N) is 2. The van der Waals surface area contributed by atoms with Gasteiger partial charge < -0.3 is 15.7 Å². The van der Waals surface area contributed by atoms with Crippen LogP contribution in [0.1, 0.15) is 53.9 Å². The molecule has 0 bridgehead atoms. The van der Waals surface area contributed by atoms with Crippen molar-refractivity contribution in [2.24, 2.45) is 11.3 Å². The van der Waals surface area contributed by atoms with E-state index < -0.39 is 41.7 Å². The third-order valence-electron chi connectivity index (χ3n) is 3.83. The number of carbonyl (C=O) groups excluding carboxylic acids is 3. The summed E-state index contributed by atoms with van der Waals surface area (Å²) in [7, 11) is 0. The van der Waals surface area contributed by atoms with Gasteiger partial charge >= 0.3 is 0 Å². The van der Waals surface area contributed by atoms with Crippen LogP contribution in [0.2, 0.25) is 0 Å². The Morgan fingerprint density at radius 2 is 1.76 bits per heavy atom. The molecule has 8 heteroatoms. The standard InChI is InChI=1S/C17H31N3O5/c1-10(2)9-18-13(22)8-12(21)16(24)20(25)14(17(3,4)5)15(23)19-11-6-7-11/h10-12,14,21,25H,6-9H2,1-5H3,(H,18,22)(H,19,23)/t12-,14+/m0/s1. The highest BCUT2D eigenvalue weighted by atomic mass is 16.5. The first-order chi connectivity index (χ1) is 11.4. The minimum Gasteiger partial charge on any atom is -0.383 e. The van der Waals surface area contributed by atoms with Gasteiger partial charge in [-0.3, -0.25) is 19.6 Å². The molecular weight excluding hydrogens is 326 g/mol. The molecule has 1 fully saturated rings. The van der Waals surface area contributed by atoms with Gasteiger partial charge in [0, 0.05) is 12.6 Å². The fourth-order valence-electron chi connectivity index (χ4n) is 2.31. The highest BCUT2D eigenvalue weighted by Crippen LogP contribution is 2.26. The molecule has 0 aromatic carbocycles. The third-order valence-corrected chi connectivity index (χ3v) is 3.83. The maximum atomic E-state index is 12.4. The number of amides is 3. The topological polar surface area (TPSA) is 119 Å². The molecule has 0 aliphatic heterocycles. The van der Waals surface area contributed by atoms with E-state index in [1.165, 1.54) is 0 Å². The van der Waals surface area contributed by atoms with Crippen molar-refractivity contribution in [3.8, 4) is 0 Å². The van der Waals surface area contributed by atoms with Crippen LogP contribution < -0.4 is 10.6 Å². The predicted octanol–water partition coefficient (Wildman–Crippen LogP) is 0.421. The lowest BCUT2D eigenvalue weighted by Crippen LogP contribution is -2.57. The SMILES string of the molecule is CC(C)CNC(=O)C[C@H](O)C(=O)N(O)[C@H](C(=O)NC1CC1)C(C)(C)C. The van der Waals surface area contributed by atoms with Crippen LogP contribution in [0.25, 0.3) is 0 Å². The van der Waals surface area contributed by atoms with Gasteiger partial charge in [0.15, 0.2) is 0 Å². The van der Waals surface area contributed by atoms with E-state index in [0.717, 1.165) is 12.8 Å². The second-order valence-electron chi connectivity index (χ2n) is 8.15. The molecule has 0 saturated heterocycles. The molecule has 0 aromatic rings. The number of aliphatic hydroxyl groups is 1. The van der Waals surface area contributed by atoms with E-state index in [4.69, 9.17) is 0 Å². The quantitative estimate of drug-likeness (QED) is 0.371. The second-order valence-corrected chi connectivity index (χ2v) is 8.15. The first kappa shape index (κ1) is 21.4. The van der Waals surface area contributed by atoms with E-state index in [2.05, 4.69) is 10.6 Å². The van der Waals surface area contributed by atoms with Gasteiger partial charge in [0.2, 0.25) is 11.8 Å². The van der Waals surface area contributed by atoms with Crippen molar-refractivity contribution >= 4 is 17.7 Å². The molecule has 2 atom stereocenters. The zero-order chi connectivity index (χ0) is 19.4. The molecule has 8 nitrogen and oxygen atoms in total. The summed E-state index contributed by atoms with van der Waals surface area (Å²) in [4.78, 5) is 36.4. The first-order valence-corrected chi connectivity index (χ1v) is 8.70. The molecule has 0 spiro atoms. The van der Waals surface area contributed by atoms with Crippen LogP contribution in [-0.2, 0) is 14.4 Å². The number of hydroxylamine groups is 2. The third kappa shape index (κ3) is 6.99. The predicted molar refractivity (Wildman–Crippen MR) is 91.5 cm³/mol. The molecule has 3 amide bonds. The zero-order valence-electron chi connectivity index (χ0n) is 15.7. The van der Waals surface area contributed by atoms with Gasteiger partial charge in [-0.1, -0.05) is 34.6 Å². The Balaban J connectivity index is 2.71. The second kappa shape index (κ2) is 8.62. The summed E-state index contributed by atoms with van der Waals surface area (Å²) in [6, 6.07) is -1.08. The van der Waals surface area contributed by atoms with E-state index in [1.807, 2.05) is 13.8 Å². The normalized spacial score (nSPS) is 17.0. The van der Waals surface area contributed by atoms with Gasteiger partial charge in [0.25, 0.3) is 5.91 Å². The Labute approximate surface area is 148 Å². The monoisotopic (exact) mass is 357 g/mol. The first-order valence-electron chi connectivity index (χ1n) is 8.70. The molecule has 1 saturated carbocycles. The van der Waals surface area contributed by atoms with Crippen LogP contribution in [0.5, 0.6) is 0 Å². The van der Waals surface area contributed by atoms with Gasteiger partial charge in [-0.15, -0.1) is 0 Å². The Morgan fingerprint density at radius 3 is 2.20 bits per heavy atom. The molecule has 0 aromatic heterocycles. The fraction of sp³-hybridized carbons (Fsp3) is 0.824. The van der Waals surface area contributed by atoms with Gasteiger partial charge in [-0.25, -0.2) is 5.06 Å². The smallest absolute Gasteiger partial charge is 0.276 e. The van der Waals surface area contributed by atoms with Crippen molar-refractivity contribution < 1.29 is 24.7 Å². The lowest BCUT2D eigenvalue weighted by atomic mass is 9.85. The van der Waals surface area contributed by atoms with Crippen molar-refractivity contribution in [1.82, 2.24) is 15.7 Å². The molecule has 1 rings (SSSR count). The highest BCUT2D eigenvalue weighted by Gasteiger charge is 2.42. The molecule has 1 aliphatic rings. The Hall–Kier alpha value is -1.67. The summed E-state index contributed by atoms with van der Waals surface area (Å²) in [6.07, 6.45) is -0.430. The van der Waals surface area contributed by atoms with Crippen LogP contribution in [0, 0.1) is 11.3 Å². The fourth-order valence-corrected chi connectivity index (χ4v) is 2.31. The van der Waals surface area contributed by atoms with Crippen LogP contribution >= 0.6 is 0 Å². The summed E-state index contributed by atoms with van der Waals surface area (Å²) < 4.78 is 0. The summed E-state index contributed by atoms with van der Waals surface area (Å²) in [5.41, 5.74) is -0.747. The minimum absolute atomic E-state index is 0.0765. The molecule has 0 unspecified atom stereocenters. The average Bonchev–Trinajstić information content (AvgIpc) is 3.26. The van der Waals surface area contributed by atoms with E-state index in [1.54, 1.807) is 20.8 Å². The highest BCUT2D eigenvalue weighted by molar-refractivity contribution is 5.91. The summed E-state index contributed by atoms with van der Waals surface area (Å²) in [5.74, 6) is -1.78. The van der Waals surface area contributed by atoms with Crippen LogP contribution in [-0.4, -0.2) is 57.8 Å². The Morgan fingerprint density at radius 1 is 1.20 bits per heavy atom. The summed E-state index contributed by atoms with van der Waals surface area (Å²) in [6.45, 7) is 9.40. The Kier molecular flexibility index (Phi) is 7.37. The van der Waals surface area contributed by atoms with Gasteiger partial charge in [-0.05, 0) is 24.2 Å². The van der Waals surface area contributed by atoms with Crippen LogP contribution in [0.15, 0.2) is 0 Å². The molecule has 1 aliphatic carbocycles. The van der Waals surface area contributed by atoms with Crippen molar-refractivity contribution in [3.05, 3.63) is 0 Å². The van der Waals surface area contributed by atoms with Gasteiger partial charge in [0.05, 0.1) is 6.42 Å². The van der Waals surface area contributed by atoms with Crippen molar-refractivity contribution in [2.45, 2.75) is 72.1 Å². The number of rotatable bonds is 8. The number of carbonyl (C=O) groups is 3. The molecule has 25 heavy (non-hydrogen) atoms. The minimum atomic E-state index is -1.71. The van der Waals surface area contributed by atoms with Gasteiger partial charge in [-0.2, -0.15) is 0 Å². The molecule has 0 radical (unpaired) electrons. The molecular formula is C17H31N3O5. The van der Waals surface area contributed by atoms with Crippen LogP contribution in [0.4, 0.5) is 0 Å². The number of hydrogen-bond donors (Lipinski definition) is 4. The molecule has 144 valence electrons. The number of hydrogen-bond acceptors (Lipinski definition) is 5. The lowest BCUT2D eigenvalue weighted by Gasteiger charge is -2.35. The number of aliphatic hydroxyl groups excluding tert-OH is 1.